The van der Waals surface area contributed by atoms with Crippen LogP contribution in [0, 0.1) is 13.8 Å². The number of nitrogens with one attached hydrogen (secondary N) is 1. The van der Waals surface area contributed by atoms with Crippen molar-refractivity contribution in [2.24, 2.45) is 0 Å². The van der Waals surface area contributed by atoms with Gasteiger partial charge in [0.15, 0.2) is 0 Å². The molecule has 1 N–H and O–H groups in total. The van der Waals surface area contributed by atoms with Crippen LogP contribution in [0.4, 0.5) is 5.69 Å². The molecule has 0 saturated carbocycles. The molecule has 1 aromatic carbocycles. The average Bonchev–Trinajstić information content (AvgIpc) is 2.27. The Hall–Kier alpha value is -1.02. The summed E-state index contributed by atoms with van der Waals surface area (Å²) in [6, 6.07) is 6.72. The first-order valence-electron chi connectivity index (χ1n) is 6.63. The number of hydrogen-bond donors (Lipinski definition) is 1. The van der Waals surface area contributed by atoms with Crippen LogP contribution in [0.15, 0.2) is 18.2 Å². The molecule has 0 unspecified atom stereocenters. The minimum atomic E-state index is 1.06. The highest BCUT2D eigenvalue weighted by molar-refractivity contribution is 5.50. The quantitative estimate of drug-likeness (QED) is 0.729. The van der Waals surface area contributed by atoms with Crippen molar-refractivity contribution >= 4 is 5.69 Å². The highest BCUT2D eigenvalue weighted by atomic mass is 15.1. The molecule has 0 atom stereocenters. The highest BCUT2D eigenvalue weighted by Gasteiger charge is 2.01. The van der Waals surface area contributed by atoms with Crippen molar-refractivity contribution in [2.45, 2.75) is 33.6 Å². The van der Waals surface area contributed by atoms with Crippen molar-refractivity contribution in [1.82, 2.24) is 5.32 Å². The Morgan fingerprint density at radius 2 is 1.71 bits per heavy atom. The fourth-order valence-corrected chi connectivity index (χ4v) is 1.97. The zero-order valence-corrected chi connectivity index (χ0v) is 11.7. The molecule has 17 heavy (non-hydrogen) atoms. The first kappa shape index (κ1) is 14.0. The maximum absolute atomic E-state index is 3.47. The monoisotopic (exact) mass is 234 g/mol. The summed E-state index contributed by atoms with van der Waals surface area (Å²) >= 11 is 0. The van der Waals surface area contributed by atoms with E-state index in [4.69, 9.17) is 0 Å². The van der Waals surface area contributed by atoms with E-state index < -0.39 is 0 Å². The van der Waals surface area contributed by atoms with Gasteiger partial charge in [0.2, 0.25) is 0 Å². The normalized spacial score (nSPS) is 10.6. The number of nitrogens with zero attached hydrogens (tertiary/aromatic N) is 1. The lowest BCUT2D eigenvalue weighted by Gasteiger charge is -2.20. The number of rotatable bonds is 7. The maximum atomic E-state index is 3.47. The zero-order chi connectivity index (χ0) is 12.7. The third kappa shape index (κ3) is 5.22. The summed E-state index contributed by atoms with van der Waals surface area (Å²) < 4.78 is 0. The van der Waals surface area contributed by atoms with Gasteiger partial charge in [-0.15, -0.1) is 0 Å². The third-order valence-corrected chi connectivity index (χ3v) is 2.98. The lowest BCUT2D eigenvalue weighted by molar-refractivity contribution is 0.637. The molecule has 0 aromatic heterocycles. The van der Waals surface area contributed by atoms with Crippen molar-refractivity contribution in [3.63, 3.8) is 0 Å². The molecule has 0 aliphatic carbocycles. The molecule has 0 spiro atoms. The fourth-order valence-electron chi connectivity index (χ4n) is 1.97. The highest BCUT2D eigenvalue weighted by Crippen LogP contribution is 2.16. The van der Waals surface area contributed by atoms with Crippen LogP contribution in [0.2, 0.25) is 0 Å². The number of likely N-dealkylation sites (N-methyl/N-ethyl adjacent to an activating group) is 1. The average molecular weight is 234 g/mol. The van der Waals surface area contributed by atoms with Crippen LogP contribution in [-0.4, -0.2) is 26.7 Å². The van der Waals surface area contributed by atoms with Gasteiger partial charge in [-0.25, -0.2) is 0 Å². The van der Waals surface area contributed by atoms with Gasteiger partial charge >= 0.3 is 0 Å². The summed E-state index contributed by atoms with van der Waals surface area (Å²) in [4.78, 5) is 2.32. The Kier molecular flexibility index (Phi) is 6.06. The molecule has 0 bridgehead atoms. The molecule has 0 fully saturated rings. The van der Waals surface area contributed by atoms with Gasteiger partial charge < -0.3 is 10.2 Å². The molecule has 2 heteroatoms. The largest absolute Gasteiger partial charge is 0.373 e. The van der Waals surface area contributed by atoms with Gasteiger partial charge in [-0.3, -0.25) is 0 Å². The zero-order valence-electron chi connectivity index (χ0n) is 11.7. The smallest absolute Gasteiger partial charge is 0.0369 e. The van der Waals surface area contributed by atoms with Crippen LogP contribution >= 0.6 is 0 Å². The van der Waals surface area contributed by atoms with E-state index in [-0.39, 0.29) is 0 Å². The molecule has 0 radical (unpaired) electrons. The summed E-state index contributed by atoms with van der Waals surface area (Å²) in [5.41, 5.74) is 4.00. The Balaban J connectivity index is 2.38. The first-order valence-corrected chi connectivity index (χ1v) is 6.63. The van der Waals surface area contributed by atoms with E-state index in [1.54, 1.807) is 0 Å². The van der Waals surface area contributed by atoms with E-state index in [1.165, 1.54) is 29.7 Å². The Labute approximate surface area is 106 Å². The number of hydrogen-bond acceptors (Lipinski definition) is 2. The van der Waals surface area contributed by atoms with E-state index in [0.29, 0.717) is 0 Å². The van der Waals surface area contributed by atoms with Crippen molar-refractivity contribution in [3.05, 3.63) is 29.3 Å². The second kappa shape index (κ2) is 7.33. The molecule has 2 nitrogen and oxygen atoms in total. The fraction of sp³-hybridized carbons (Fsp3) is 0.600. The molecule has 0 aliphatic rings. The standard InChI is InChI=1S/C15H26N2/c1-5-6-7-16-8-9-17(4)15-11-13(2)10-14(3)12-15/h10-12,16H,5-9H2,1-4H3. The van der Waals surface area contributed by atoms with Crippen LogP contribution in [0.25, 0.3) is 0 Å². The summed E-state index contributed by atoms with van der Waals surface area (Å²) in [6.07, 6.45) is 2.53. The SMILES string of the molecule is CCCCNCCN(C)c1cc(C)cc(C)c1. The van der Waals surface area contributed by atoms with Gasteiger partial charge in [-0.05, 0) is 50.1 Å². The number of anilines is 1. The van der Waals surface area contributed by atoms with E-state index >= 15 is 0 Å². The van der Waals surface area contributed by atoms with Crippen molar-refractivity contribution < 1.29 is 0 Å². The van der Waals surface area contributed by atoms with E-state index in [0.717, 1.165) is 19.6 Å². The number of benzene rings is 1. The Bertz CT molecular complexity index is 313. The molecular weight excluding hydrogens is 208 g/mol. The summed E-state index contributed by atoms with van der Waals surface area (Å²) in [6.45, 7) is 9.80. The number of aryl methyl sites for hydroxylation is 2. The van der Waals surface area contributed by atoms with Gasteiger partial charge in [-0.2, -0.15) is 0 Å². The summed E-state index contributed by atoms with van der Waals surface area (Å²) in [7, 11) is 2.16. The molecule has 1 aromatic rings. The minimum Gasteiger partial charge on any atom is -0.373 e. The predicted octanol–water partition coefficient (Wildman–Crippen LogP) is 3.13. The Morgan fingerprint density at radius 1 is 1.06 bits per heavy atom. The van der Waals surface area contributed by atoms with Gasteiger partial charge in [0.05, 0.1) is 0 Å². The maximum Gasteiger partial charge on any atom is 0.0369 e. The molecule has 0 heterocycles. The molecule has 0 saturated heterocycles. The van der Waals surface area contributed by atoms with Crippen LogP contribution in [-0.2, 0) is 0 Å². The lowest BCUT2D eigenvalue weighted by Crippen LogP contribution is -2.29. The topological polar surface area (TPSA) is 15.3 Å². The van der Waals surface area contributed by atoms with Crippen LogP contribution in [0.1, 0.15) is 30.9 Å². The second-order valence-corrected chi connectivity index (χ2v) is 4.87. The van der Waals surface area contributed by atoms with Crippen molar-refractivity contribution in [1.29, 1.82) is 0 Å². The van der Waals surface area contributed by atoms with Gasteiger partial charge in [-0.1, -0.05) is 19.4 Å². The molecule has 0 amide bonds. The first-order chi connectivity index (χ1) is 8.13. The third-order valence-electron chi connectivity index (χ3n) is 2.98. The molecular formula is C15H26N2. The van der Waals surface area contributed by atoms with Gasteiger partial charge in [0.25, 0.3) is 0 Å². The van der Waals surface area contributed by atoms with E-state index in [9.17, 15) is 0 Å². The van der Waals surface area contributed by atoms with Crippen molar-refractivity contribution in [3.8, 4) is 0 Å². The van der Waals surface area contributed by atoms with Crippen molar-refractivity contribution in [2.75, 3.05) is 31.6 Å². The minimum absolute atomic E-state index is 1.06. The summed E-state index contributed by atoms with van der Waals surface area (Å²) in [5.74, 6) is 0. The second-order valence-electron chi connectivity index (χ2n) is 4.87. The Morgan fingerprint density at radius 3 is 2.29 bits per heavy atom. The predicted molar refractivity (Wildman–Crippen MR) is 77.0 cm³/mol. The lowest BCUT2D eigenvalue weighted by atomic mass is 10.1. The summed E-state index contributed by atoms with van der Waals surface area (Å²) in [5, 5.41) is 3.47. The van der Waals surface area contributed by atoms with Crippen LogP contribution in [0.3, 0.4) is 0 Å². The van der Waals surface area contributed by atoms with Crippen LogP contribution < -0.4 is 10.2 Å². The number of unbranched alkanes of at least 4 members (excludes halogenated alkanes) is 1. The van der Waals surface area contributed by atoms with Crippen LogP contribution in [0.5, 0.6) is 0 Å². The van der Waals surface area contributed by atoms with E-state index in [2.05, 4.69) is 56.2 Å². The molecule has 1 rings (SSSR count). The molecule has 0 aliphatic heterocycles. The van der Waals surface area contributed by atoms with Gasteiger partial charge in [0.1, 0.15) is 0 Å². The van der Waals surface area contributed by atoms with Gasteiger partial charge in [0, 0.05) is 25.8 Å². The van der Waals surface area contributed by atoms with E-state index in [1.807, 2.05) is 0 Å². The molecule has 96 valence electrons.